The van der Waals surface area contributed by atoms with Crippen LogP contribution in [-0.2, 0) is 0 Å². The van der Waals surface area contributed by atoms with Crippen molar-refractivity contribution in [2.45, 2.75) is 38.6 Å². The lowest BCUT2D eigenvalue weighted by Gasteiger charge is -2.24. The summed E-state index contributed by atoms with van der Waals surface area (Å²) in [4.78, 5) is 31.9. The van der Waals surface area contributed by atoms with Crippen LogP contribution in [0, 0.1) is 24.2 Å². The third-order valence-electron chi connectivity index (χ3n) is 6.04. The van der Waals surface area contributed by atoms with Gasteiger partial charge in [0.15, 0.2) is 0 Å². The lowest BCUT2D eigenvalue weighted by molar-refractivity contribution is 0.292. The molecule has 1 aromatic heterocycles. The maximum Gasteiger partial charge on any atom is 0.329 e. The van der Waals surface area contributed by atoms with Gasteiger partial charge in [0, 0.05) is 44.3 Å². The minimum absolute atomic E-state index is 0.209. The third-order valence-corrected chi connectivity index (χ3v) is 6.04. The van der Waals surface area contributed by atoms with Gasteiger partial charge in [-0.15, -0.1) is 0 Å². The van der Waals surface area contributed by atoms with Crippen LogP contribution in [-0.4, -0.2) is 47.7 Å². The maximum atomic E-state index is 12.4. The van der Waals surface area contributed by atoms with Crippen LogP contribution in [0.3, 0.4) is 0 Å². The first-order valence-electron chi connectivity index (χ1n) is 10.1. The SMILES string of the molecule is Cc1c(N2CCC(CN(C)CCC#N)C2)ccc2c(=O)[nH]c(=O)n(C3CC3)c12. The van der Waals surface area contributed by atoms with E-state index in [4.69, 9.17) is 5.26 Å². The van der Waals surface area contributed by atoms with Crippen LogP contribution in [0.15, 0.2) is 21.7 Å². The molecule has 1 aliphatic heterocycles. The van der Waals surface area contributed by atoms with E-state index in [9.17, 15) is 9.59 Å². The number of aromatic nitrogens is 2. The molecule has 7 nitrogen and oxygen atoms in total. The van der Waals surface area contributed by atoms with Crippen molar-refractivity contribution in [2.75, 3.05) is 38.1 Å². The summed E-state index contributed by atoms with van der Waals surface area (Å²) in [6.45, 7) is 5.75. The molecule has 0 spiro atoms. The zero-order valence-corrected chi connectivity index (χ0v) is 16.6. The van der Waals surface area contributed by atoms with E-state index in [1.54, 1.807) is 4.57 Å². The molecule has 1 saturated heterocycles. The number of aryl methyl sites for hydroxylation is 1. The Labute approximate surface area is 164 Å². The number of hydrogen-bond acceptors (Lipinski definition) is 5. The second-order valence-corrected chi connectivity index (χ2v) is 8.24. The highest BCUT2D eigenvalue weighted by Crippen LogP contribution is 2.38. The molecule has 2 aliphatic rings. The number of anilines is 1. The monoisotopic (exact) mass is 381 g/mol. The second-order valence-electron chi connectivity index (χ2n) is 8.24. The summed E-state index contributed by atoms with van der Waals surface area (Å²) in [5.74, 6) is 0.559. The van der Waals surface area contributed by atoms with E-state index in [1.165, 1.54) is 0 Å². The predicted octanol–water partition coefficient (Wildman–Crippen LogP) is 2.00. The van der Waals surface area contributed by atoms with E-state index in [-0.39, 0.29) is 17.3 Å². The number of fused-ring (bicyclic) bond motifs is 1. The molecule has 148 valence electrons. The fourth-order valence-corrected chi connectivity index (χ4v) is 4.51. The van der Waals surface area contributed by atoms with E-state index in [1.807, 2.05) is 19.1 Å². The standard InChI is InChI=1S/C21H27N5O2/c1-14-18(25-11-8-15(13-25)12-24(2)10-3-9-22)7-6-17-19(14)26(16-4-5-16)21(28)23-20(17)27/h6-7,15-16H,3-5,8,10-13H2,1-2H3,(H,23,27,28). The molecular formula is C21H27N5O2. The quantitative estimate of drug-likeness (QED) is 0.827. The highest BCUT2D eigenvalue weighted by molar-refractivity contribution is 5.86. The Balaban J connectivity index is 1.63. The van der Waals surface area contributed by atoms with Gasteiger partial charge in [0.2, 0.25) is 0 Å². The van der Waals surface area contributed by atoms with Gasteiger partial charge in [-0.1, -0.05) is 0 Å². The molecule has 0 amide bonds. The van der Waals surface area contributed by atoms with Gasteiger partial charge in [-0.2, -0.15) is 5.26 Å². The van der Waals surface area contributed by atoms with E-state index < -0.39 is 0 Å². The number of aromatic amines is 1. The van der Waals surface area contributed by atoms with Gasteiger partial charge in [0.05, 0.1) is 17.0 Å². The first kappa shape index (κ1) is 18.8. The molecule has 2 fully saturated rings. The minimum atomic E-state index is -0.301. The summed E-state index contributed by atoms with van der Waals surface area (Å²) in [6, 6.07) is 6.30. The molecular weight excluding hydrogens is 354 g/mol. The normalized spacial score (nSPS) is 19.5. The lowest BCUT2D eigenvalue weighted by Crippen LogP contribution is -2.31. The number of nitriles is 1. The molecule has 1 unspecified atom stereocenters. The Morgan fingerprint density at radius 2 is 2.07 bits per heavy atom. The summed E-state index contributed by atoms with van der Waals surface area (Å²) in [6.07, 6.45) is 3.65. The molecule has 0 radical (unpaired) electrons. The first-order chi connectivity index (χ1) is 13.5. The molecule has 1 N–H and O–H groups in total. The van der Waals surface area contributed by atoms with Crippen LogP contribution < -0.4 is 16.1 Å². The van der Waals surface area contributed by atoms with Gasteiger partial charge < -0.3 is 9.80 Å². The van der Waals surface area contributed by atoms with Gasteiger partial charge >= 0.3 is 5.69 Å². The van der Waals surface area contributed by atoms with Crippen LogP contribution >= 0.6 is 0 Å². The van der Waals surface area contributed by atoms with Crippen molar-refractivity contribution in [3.63, 3.8) is 0 Å². The molecule has 1 aliphatic carbocycles. The average molecular weight is 381 g/mol. The Morgan fingerprint density at radius 1 is 1.29 bits per heavy atom. The summed E-state index contributed by atoms with van der Waals surface area (Å²) >= 11 is 0. The molecule has 0 bridgehead atoms. The van der Waals surface area contributed by atoms with Crippen molar-refractivity contribution in [3.8, 4) is 6.07 Å². The van der Waals surface area contributed by atoms with Gasteiger partial charge in [-0.3, -0.25) is 14.3 Å². The van der Waals surface area contributed by atoms with Crippen molar-refractivity contribution < 1.29 is 0 Å². The van der Waals surface area contributed by atoms with Gasteiger partial charge in [-0.25, -0.2) is 4.79 Å². The average Bonchev–Trinajstić information content (AvgIpc) is 3.39. The van der Waals surface area contributed by atoms with Crippen LogP contribution in [0.2, 0.25) is 0 Å². The van der Waals surface area contributed by atoms with Crippen LogP contribution in [0.25, 0.3) is 10.9 Å². The number of rotatable bonds is 6. The van der Waals surface area contributed by atoms with Crippen molar-refractivity contribution in [3.05, 3.63) is 38.5 Å². The Hall–Kier alpha value is -2.59. The number of benzene rings is 1. The van der Waals surface area contributed by atoms with Gasteiger partial charge in [-0.05, 0) is 56.8 Å². The number of nitrogens with zero attached hydrogens (tertiary/aromatic N) is 4. The molecule has 28 heavy (non-hydrogen) atoms. The number of nitrogens with one attached hydrogen (secondary N) is 1. The largest absolute Gasteiger partial charge is 0.371 e. The Kier molecular flexibility index (Phi) is 4.98. The smallest absolute Gasteiger partial charge is 0.329 e. The van der Waals surface area contributed by atoms with Gasteiger partial charge in [0.1, 0.15) is 0 Å². The molecule has 2 heterocycles. The molecule has 1 aromatic carbocycles. The zero-order chi connectivity index (χ0) is 19.8. The summed E-state index contributed by atoms with van der Waals surface area (Å²) in [7, 11) is 2.07. The third kappa shape index (κ3) is 3.45. The van der Waals surface area contributed by atoms with Crippen LogP contribution in [0.4, 0.5) is 5.69 Å². The van der Waals surface area contributed by atoms with E-state index >= 15 is 0 Å². The summed E-state index contributed by atoms with van der Waals surface area (Å²) < 4.78 is 1.79. The van der Waals surface area contributed by atoms with Gasteiger partial charge in [0.25, 0.3) is 5.56 Å². The number of hydrogen-bond donors (Lipinski definition) is 1. The molecule has 1 saturated carbocycles. The van der Waals surface area contributed by atoms with Crippen molar-refractivity contribution >= 4 is 16.6 Å². The molecule has 7 heteroatoms. The van der Waals surface area contributed by atoms with Crippen LogP contribution in [0.1, 0.15) is 37.3 Å². The number of H-pyrrole nitrogens is 1. The van der Waals surface area contributed by atoms with E-state index in [2.05, 4.69) is 27.9 Å². The lowest BCUT2D eigenvalue weighted by atomic mass is 10.1. The minimum Gasteiger partial charge on any atom is -0.371 e. The van der Waals surface area contributed by atoms with Crippen molar-refractivity contribution in [1.29, 1.82) is 5.26 Å². The fourth-order valence-electron chi connectivity index (χ4n) is 4.51. The summed E-state index contributed by atoms with van der Waals surface area (Å²) in [5.41, 5.74) is 2.34. The second kappa shape index (κ2) is 7.44. The van der Waals surface area contributed by atoms with E-state index in [0.717, 1.165) is 62.2 Å². The summed E-state index contributed by atoms with van der Waals surface area (Å²) in [5, 5.41) is 9.35. The fraction of sp³-hybridized carbons (Fsp3) is 0.571. The van der Waals surface area contributed by atoms with E-state index in [0.29, 0.717) is 17.7 Å². The predicted molar refractivity (Wildman–Crippen MR) is 110 cm³/mol. The highest BCUT2D eigenvalue weighted by atomic mass is 16.2. The maximum absolute atomic E-state index is 12.4. The van der Waals surface area contributed by atoms with Crippen LogP contribution in [0.5, 0.6) is 0 Å². The van der Waals surface area contributed by atoms with Crippen molar-refractivity contribution in [2.24, 2.45) is 5.92 Å². The van der Waals surface area contributed by atoms with Crippen molar-refractivity contribution in [1.82, 2.24) is 14.5 Å². The first-order valence-corrected chi connectivity index (χ1v) is 10.1. The zero-order valence-electron chi connectivity index (χ0n) is 16.6. The molecule has 2 aromatic rings. The topological polar surface area (TPSA) is 85.1 Å². The highest BCUT2D eigenvalue weighted by Gasteiger charge is 2.30. The Morgan fingerprint density at radius 3 is 2.79 bits per heavy atom. The molecule has 4 rings (SSSR count). The molecule has 1 atom stereocenters. The Bertz CT molecular complexity index is 1040.